The molecule has 2 amide bonds. The molecule has 1 spiro atoms. The van der Waals surface area contributed by atoms with E-state index >= 15 is 0 Å². The highest BCUT2D eigenvalue weighted by Gasteiger charge is 2.42. The summed E-state index contributed by atoms with van der Waals surface area (Å²) in [5.41, 5.74) is 1.41. The summed E-state index contributed by atoms with van der Waals surface area (Å²) in [6, 6.07) is 13.6. The van der Waals surface area contributed by atoms with Crippen molar-refractivity contribution >= 4 is 11.8 Å². The molecule has 0 aliphatic carbocycles. The van der Waals surface area contributed by atoms with Crippen molar-refractivity contribution in [2.24, 2.45) is 5.92 Å². The van der Waals surface area contributed by atoms with E-state index in [0.29, 0.717) is 63.6 Å². The van der Waals surface area contributed by atoms with Crippen molar-refractivity contribution in [3.05, 3.63) is 66.6 Å². The van der Waals surface area contributed by atoms with Gasteiger partial charge >= 0.3 is 0 Å². The monoisotopic (exact) mass is 489 g/mol. The van der Waals surface area contributed by atoms with Crippen LogP contribution in [0.25, 0.3) is 11.5 Å². The number of carbonyl (C=O) groups excluding carboxylic acids is 2. The van der Waals surface area contributed by atoms with Crippen LogP contribution in [0.2, 0.25) is 0 Å². The molecule has 3 fully saturated rings. The van der Waals surface area contributed by atoms with Gasteiger partial charge < -0.3 is 23.8 Å². The second-order valence-corrected chi connectivity index (χ2v) is 9.74. The molecule has 0 N–H and O–H groups in total. The smallest absolute Gasteiger partial charge is 0.259 e. The molecule has 3 saturated heterocycles. The number of carbonyl (C=O) groups is 2. The molecule has 3 aliphatic heterocycles. The van der Waals surface area contributed by atoms with E-state index in [9.17, 15) is 9.59 Å². The molecule has 1 aromatic carbocycles. The van der Waals surface area contributed by atoms with Crippen molar-refractivity contribution in [2.45, 2.75) is 31.5 Å². The number of amides is 2. The van der Waals surface area contributed by atoms with Gasteiger partial charge in [0, 0.05) is 51.4 Å². The van der Waals surface area contributed by atoms with Gasteiger partial charge in [-0.15, -0.1) is 0 Å². The van der Waals surface area contributed by atoms with Crippen LogP contribution in [0.1, 0.15) is 36.0 Å². The second kappa shape index (κ2) is 9.55. The molecular formula is C27H31N5O4. The van der Waals surface area contributed by atoms with E-state index in [-0.39, 0.29) is 17.7 Å². The quantitative estimate of drug-likeness (QED) is 0.563. The summed E-state index contributed by atoms with van der Waals surface area (Å²) >= 11 is 0. The molecule has 0 radical (unpaired) electrons. The van der Waals surface area contributed by atoms with Gasteiger partial charge in [0.2, 0.25) is 5.91 Å². The van der Waals surface area contributed by atoms with E-state index in [0.717, 1.165) is 18.5 Å². The van der Waals surface area contributed by atoms with Crippen molar-refractivity contribution < 1.29 is 19.1 Å². The highest BCUT2D eigenvalue weighted by atomic mass is 16.7. The minimum absolute atomic E-state index is 0.0938. The summed E-state index contributed by atoms with van der Waals surface area (Å²) in [6.45, 7) is 3.57. The number of piperidine rings is 2. The molecule has 3 aromatic rings. The Morgan fingerprint density at radius 3 is 2.36 bits per heavy atom. The molecule has 2 aromatic heterocycles. The molecule has 6 rings (SSSR count). The van der Waals surface area contributed by atoms with Crippen LogP contribution in [-0.2, 0) is 14.3 Å². The van der Waals surface area contributed by atoms with Gasteiger partial charge in [0.05, 0.1) is 31.0 Å². The van der Waals surface area contributed by atoms with Crippen LogP contribution in [0, 0.1) is 5.92 Å². The maximum atomic E-state index is 13.8. The summed E-state index contributed by atoms with van der Waals surface area (Å²) in [7, 11) is 0. The number of rotatable bonds is 4. The van der Waals surface area contributed by atoms with E-state index in [1.165, 1.54) is 0 Å². The lowest BCUT2D eigenvalue weighted by molar-refractivity contribution is -0.188. The summed E-state index contributed by atoms with van der Waals surface area (Å²) in [5, 5.41) is 4.57. The standard InChI is InChI=1S/C27H31N5O4/c33-25(30-15-10-27(11-16-30)35-17-18-36-27)21-7-6-14-31(20-21)26(34)23-19-28-32(22-8-2-1-3-9-22)24(23)29-12-4-5-13-29/h1-5,8-9,12-13,19,21H,6-7,10-11,14-18,20H2/t21-/m1/s1. The fourth-order valence-corrected chi connectivity index (χ4v) is 5.62. The van der Waals surface area contributed by atoms with Crippen LogP contribution >= 0.6 is 0 Å². The normalized spacial score (nSPS) is 21.7. The number of para-hydroxylation sites is 1. The Labute approximate surface area is 210 Å². The van der Waals surface area contributed by atoms with E-state index in [2.05, 4.69) is 5.10 Å². The highest BCUT2D eigenvalue weighted by molar-refractivity contribution is 5.97. The summed E-state index contributed by atoms with van der Waals surface area (Å²) < 4.78 is 15.3. The first kappa shape index (κ1) is 23.0. The predicted molar refractivity (Wildman–Crippen MR) is 132 cm³/mol. The molecule has 3 aliphatic rings. The molecule has 1 atom stereocenters. The first-order valence-corrected chi connectivity index (χ1v) is 12.8. The minimum atomic E-state index is -0.501. The Balaban J connectivity index is 1.20. The molecule has 9 nitrogen and oxygen atoms in total. The topological polar surface area (TPSA) is 81.8 Å². The summed E-state index contributed by atoms with van der Waals surface area (Å²) in [5.74, 6) is 0.0395. The van der Waals surface area contributed by atoms with E-state index in [4.69, 9.17) is 9.47 Å². The van der Waals surface area contributed by atoms with Crippen molar-refractivity contribution in [1.82, 2.24) is 24.1 Å². The maximum absolute atomic E-state index is 13.8. The molecule has 0 unspecified atom stereocenters. The van der Waals surface area contributed by atoms with Gasteiger partial charge in [-0.2, -0.15) is 5.10 Å². The van der Waals surface area contributed by atoms with Crippen LogP contribution in [0.4, 0.5) is 0 Å². The van der Waals surface area contributed by atoms with E-state index < -0.39 is 5.79 Å². The zero-order valence-electron chi connectivity index (χ0n) is 20.3. The van der Waals surface area contributed by atoms with Crippen LogP contribution in [-0.4, -0.2) is 81.1 Å². The van der Waals surface area contributed by atoms with Gasteiger partial charge in [0.15, 0.2) is 11.6 Å². The van der Waals surface area contributed by atoms with Gasteiger partial charge in [-0.25, -0.2) is 4.68 Å². The van der Waals surface area contributed by atoms with Gasteiger partial charge in [0.25, 0.3) is 5.91 Å². The number of aromatic nitrogens is 3. The predicted octanol–water partition coefficient (Wildman–Crippen LogP) is 2.88. The molecule has 0 bridgehead atoms. The Bertz CT molecular complexity index is 1210. The Hall–Kier alpha value is -3.43. The van der Waals surface area contributed by atoms with E-state index in [1.54, 1.807) is 10.9 Å². The molecular weight excluding hydrogens is 458 g/mol. The third-order valence-electron chi connectivity index (χ3n) is 7.53. The minimum Gasteiger partial charge on any atom is -0.347 e. The third-order valence-corrected chi connectivity index (χ3v) is 7.53. The maximum Gasteiger partial charge on any atom is 0.259 e. The van der Waals surface area contributed by atoms with Gasteiger partial charge in [-0.05, 0) is 37.1 Å². The first-order chi connectivity index (χ1) is 17.6. The molecule has 9 heteroatoms. The lowest BCUT2D eigenvalue weighted by Crippen LogP contribution is -2.51. The SMILES string of the molecule is O=C(c1cnn(-c2ccccc2)c1-n1cccc1)N1CCC[C@@H](C(=O)N2CCC3(CC2)OCCO3)C1. The zero-order valence-corrected chi connectivity index (χ0v) is 20.3. The number of nitrogens with zero attached hydrogens (tertiary/aromatic N) is 5. The molecule has 5 heterocycles. The zero-order chi connectivity index (χ0) is 24.5. The first-order valence-electron chi connectivity index (χ1n) is 12.8. The average molecular weight is 490 g/mol. The number of hydrogen-bond donors (Lipinski definition) is 0. The van der Waals surface area contributed by atoms with Crippen LogP contribution in [0.15, 0.2) is 61.1 Å². The average Bonchev–Trinajstić information content (AvgIpc) is 3.70. The van der Waals surface area contributed by atoms with E-state index in [1.807, 2.05) is 69.2 Å². The summed E-state index contributed by atoms with van der Waals surface area (Å²) in [4.78, 5) is 30.9. The number of ether oxygens (including phenoxy) is 2. The Kier molecular flexibility index (Phi) is 6.10. The van der Waals surface area contributed by atoms with Crippen LogP contribution < -0.4 is 0 Å². The second-order valence-electron chi connectivity index (χ2n) is 9.74. The lowest BCUT2D eigenvalue weighted by Gasteiger charge is -2.40. The van der Waals surface area contributed by atoms with Crippen molar-refractivity contribution in [1.29, 1.82) is 0 Å². The van der Waals surface area contributed by atoms with Crippen molar-refractivity contribution in [2.75, 3.05) is 39.4 Å². The molecule has 0 saturated carbocycles. The summed E-state index contributed by atoms with van der Waals surface area (Å²) in [6.07, 6.45) is 8.47. The molecule has 188 valence electrons. The number of hydrogen-bond acceptors (Lipinski definition) is 5. The fraction of sp³-hybridized carbons (Fsp3) is 0.444. The largest absolute Gasteiger partial charge is 0.347 e. The molecule has 36 heavy (non-hydrogen) atoms. The Morgan fingerprint density at radius 2 is 1.64 bits per heavy atom. The number of benzene rings is 1. The van der Waals surface area contributed by atoms with Crippen molar-refractivity contribution in [3.63, 3.8) is 0 Å². The van der Waals surface area contributed by atoms with Crippen molar-refractivity contribution in [3.8, 4) is 11.5 Å². The third kappa shape index (κ3) is 4.22. The van der Waals surface area contributed by atoms with Gasteiger partial charge in [-0.1, -0.05) is 18.2 Å². The van der Waals surface area contributed by atoms with Crippen LogP contribution in [0.5, 0.6) is 0 Å². The van der Waals surface area contributed by atoms with Gasteiger partial charge in [-0.3, -0.25) is 9.59 Å². The fourth-order valence-electron chi connectivity index (χ4n) is 5.62. The van der Waals surface area contributed by atoms with Crippen LogP contribution in [0.3, 0.4) is 0 Å². The Morgan fingerprint density at radius 1 is 0.917 bits per heavy atom. The highest BCUT2D eigenvalue weighted by Crippen LogP contribution is 2.33. The number of likely N-dealkylation sites (tertiary alicyclic amines) is 2. The van der Waals surface area contributed by atoms with Gasteiger partial charge in [0.1, 0.15) is 5.56 Å². The lowest BCUT2D eigenvalue weighted by atomic mass is 9.94.